The van der Waals surface area contributed by atoms with E-state index in [-0.39, 0.29) is 36.8 Å². The van der Waals surface area contributed by atoms with Gasteiger partial charge < -0.3 is 20.1 Å². The number of hydrogen-bond acceptors (Lipinski definition) is 4. The van der Waals surface area contributed by atoms with Gasteiger partial charge in [-0.1, -0.05) is 18.2 Å². The van der Waals surface area contributed by atoms with Crippen LogP contribution >= 0.6 is 12.4 Å². The summed E-state index contributed by atoms with van der Waals surface area (Å²) in [6.07, 6.45) is 2.77. The van der Waals surface area contributed by atoms with Gasteiger partial charge in [0.15, 0.2) is 0 Å². The lowest BCUT2D eigenvalue weighted by molar-refractivity contribution is 0.00844. The smallest absolute Gasteiger partial charge is 0.253 e. The molecule has 1 aliphatic heterocycles. The summed E-state index contributed by atoms with van der Waals surface area (Å²) in [5.74, 6) is 0.151. The highest BCUT2D eigenvalue weighted by Crippen LogP contribution is 2.18. The van der Waals surface area contributed by atoms with E-state index in [1.807, 2.05) is 29.2 Å². The summed E-state index contributed by atoms with van der Waals surface area (Å²) in [6.45, 7) is 2.98. The van der Waals surface area contributed by atoms with Crippen molar-refractivity contribution in [2.24, 2.45) is 5.73 Å². The second kappa shape index (κ2) is 11.8. The fourth-order valence-electron chi connectivity index (χ4n) is 3.26. The molecule has 0 aromatic heterocycles. The first-order chi connectivity index (χ1) is 13.7. The Hall–Kier alpha value is -2.15. The maximum absolute atomic E-state index is 13.2. The zero-order valence-corrected chi connectivity index (χ0v) is 17.2. The highest BCUT2D eigenvalue weighted by atomic mass is 35.5. The Kier molecular flexibility index (Phi) is 9.38. The predicted octanol–water partition coefficient (Wildman–Crippen LogP) is 3.80. The van der Waals surface area contributed by atoms with E-state index in [1.54, 1.807) is 12.1 Å². The lowest BCUT2D eigenvalue weighted by Gasteiger charge is -2.32. The normalized spacial score (nSPS) is 14.3. The molecule has 0 spiro atoms. The summed E-state index contributed by atoms with van der Waals surface area (Å²) in [7, 11) is 0. The molecule has 29 heavy (non-hydrogen) atoms. The SMILES string of the molecule is Cl.NCCCOC1CCN(C(=O)c2cccc(COc3cccc(F)c3)c2)CC1. The molecule has 1 fully saturated rings. The van der Waals surface area contributed by atoms with Crippen LogP contribution in [-0.2, 0) is 11.3 Å². The van der Waals surface area contributed by atoms with E-state index < -0.39 is 0 Å². The molecule has 2 aromatic carbocycles. The molecule has 1 amide bonds. The van der Waals surface area contributed by atoms with E-state index in [1.165, 1.54) is 12.1 Å². The zero-order valence-electron chi connectivity index (χ0n) is 16.4. The molecular formula is C22H28ClFN2O3. The maximum Gasteiger partial charge on any atom is 0.253 e. The van der Waals surface area contributed by atoms with E-state index in [9.17, 15) is 9.18 Å². The van der Waals surface area contributed by atoms with Crippen LogP contribution in [0.4, 0.5) is 4.39 Å². The molecule has 0 atom stereocenters. The first kappa shape index (κ1) is 23.1. The van der Waals surface area contributed by atoms with Gasteiger partial charge in [-0.25, -0.2) is 4.39 Å². The van der Waals surface area contributed by atoms with Crippen LogP contribution in [0.3, 0.4) is 0 Å². The van der Waals surface area contributed by atoms with Gasteiger partial charge in [0.2, 0.25) is 0 Å². The Bertz CT molecular complexity index is 782. The molecule has 158 valence electrons. The number of carbonyl (C=O) groups excluding carboxylic acids is 1. The topological polar surface area (TPSA) is 64.8 Å². The van der Waals surface area contributed by atoms with E-state index in [4.69, 9.17) is 15.2 Å². The van der Waals surface area contributed by atoms with Crippen molar-refractivity contribution in [1.29, 1.82) is 0 Å². The highest BCUT2D eigenvalue weighted by molar-refractivity contribution is 5.94. The second-order valence-electron chi connectivity index (χ2n) is 6.95. The van der Waals surface area contributed by atoms with E-state index in [0.717, 1.165) is 24.8 Å². The van der Waals surface area contributed by atoms with E-state index in [2.05, 4.69) is 0 Å². The Morgan fingerprint density at radius 3 is 2.62 bits per heavy atom. The number of benzene rings is 2. The zero-order chi connectivity index (χ0) is 19.8. The molecule has 3 rings (SSSR count). The molecule has 1 aliphatic rings. The molecule has 2 N–H and O–H groups in total. The number of piperidine rings is 1. The average molecular weight is 423 g/mol. The van der Waals surface area contributed by atoms with Gasteiger partial charge in [0.1, 0.15) is 18.2 Å². The summed E-state index contributed by atoms with van der Waals surface area (Å²) in [6, 6.07) is 13.4. The minimum absolute atomic E-state index is 0. The van der Waals surface area contributed by atoms with Crippen LogP contribution in [-0.4, -0.2) is 43.2 Å². The van der Waals surface area contributed by atoms with Gasteiger partial charge in [-0.3, -0.25) is 4.79 Å². The predicted molar refractivity (Wildman–Crippen MR) is 113 cm³/mol. The number of nitrogens with two attached hydrogens (primary N) is 1. The molecule has 0 unspecified atom stereocenters. The number of amides is 1. The number of carbonyl (C=O) groups is 1. The fraction of sp³-hybridized carbons (Fsp3) is 0.409. The largest absolute Gasteiger partial charge is 0.489 e. The summed E-state index contributed by atoms with van der Waals surface area (Å²) >= 11 is 0. The molecule has 0 radical (unpaired) electrons. The molecule has 0 aliphatic carbocycles. The minimum atomic E-state index is -0.336. The van der Waals surface area contributed by atoms with Crippen molar-refractivity contribution >= 4 is 18.3 Å². The van der Waals surface area contributed by atoms with Crippen LogP contribution in [0.2, 0.25) is 0 Å². The first-order valence-electron chi connectivity index (χ1n) is 9.74. The molecule has 2 aromatic rings. The number of likely N-dealkylation sites (tertiary alicyclic amines) is 1. The third-order valence-corrected chi connectivity index (χ3v) is 4.81. The van der Waals surface area contributed by atoms with E-state index >= 15 is 0 Å². The fourth-order valence-corrected chi connectivity index (χ4v) is 3.26. The van der Waals surface area contributed by atoms with Crippen LogP contribution in [0.1, 0.15) is 35.2 Å². The first-order valence-corrected chi connectivity index (χ1v) is 9.74. The van der Waals surface area contributed by atoms with Crippen molar-refractivity contribution in [3.05, 3.63) is 65.5 Å². The summed E-state index contributed by atoms with van der Waals surface area (Å²) in [4.78, 5) is 14.7. The third kappa shape index (κ3) is 6.99. The van der Waals surface area contributed by atoms with E-state index in [0.29, 0.717) is 37.6 Å². The van der Waals surface area contributed by atoms with Crippen molar-refractivity contribution in [1.82, 2.24) is 4.90 Å². The number of rotatable bonds is 8. The minimum Gasteiger partial charge on any atom is -0.489 e. The molecule has 1 saturated heterocycles. The maximum atomic E-state index is 13.2. The van der Waals surface area contributed by atoms with Gasteiger partial charge in [0.05, 0.1) is 6.10 Å². The Morgan fingerprint density at radius 2 is 1.90 bits per heavy atom. The monoisotopic (exact) mass is 422 g/mol. The Labute approximate surface area is 177 Å². The van der Waals surface area contributed by atoms with Crippen LogP contribution in [0.5, 0.6) is 5.75 Å². The van der Waals surface area contributed by atoms with Crippen LogP contribution in [0.15, 0.2) is 48.5 Å². The van der Waals surface area contributed by atoms with Crippen molar-refractivity contribution < 1.29 is 18.7 Å². The molecule has 7 heteroatoms. The van der Waals surface area contributed by atoms with Crippen molar-refractivity contribution in [2.75, 3.05) is 26.2 Å². The van der Waals surface area contributed by atoms with Crippen LogP contribution < -0.4 is 10.5 Å². The van der Waals surface area contributed by atoms with Gasteiger partial charge >= 0.3 is 0 Å². The van der Waals surface area contributed by atoms with Gasteiger partial charge in [-0.15, -0.1) is 12.4 Å². The number of nitrogens with zero attached hydrogens (tertiary/aromatic N) is 1. The van der Waals surface area contributed by atoms with Gasteiger partial charge in [-0.05, 0) is 55.6 Å². The van der Waals surface area contributed by atoms with Crippen molar-refractivity contribution in [3.8, 4) is 5.75 Å². The van der Waals surface area contributed by atoms with Crippen molar-refractivity contribution in [2.45, 2.75) is 32.0 Å². The standard InChI is InChI=1S/C22H27FN2O3.ClH/c23-19-6-2-7-21(15-19)28-16-17-4-1-5-18(14-17)22(26)25-11-8-20(9-12-25)27-13-3-10-24;/h1-2,4-7,14-15,20H,3,8-13,16,24H2;1H. The average Bonchev–Trinajstić information content (AvgIpc) is 2.73. The number of ether oxygens (including phenoxy) is 2. The van der Waals surface area contributed by atoms with Gasteiger partial charge in [0.25, 0.3) is 5.91 Å². The lowest BCUT2D eigenvalue weighted by atomic mass is 10.1. The lowest BCUT2D eigenvalue weighted by Crippen LogP contribution is -2.41. The Balaban J connectivity index is 0.00000300. The third-order valence-electron chi connectivity index (χ3n) is 4.81. The molecular weight excluding hydrogens is 395 g/mol. The summed E-state index contributed by atoms with van der Waals surface area (Å²) in [5, 5.41) is 0. The number of hydrogen-bond donors (Lipinski definition) is 1. The molecule has 0 saturated carbocycles. The van der Waals surface area contributed by atoms with Gasteiger partial charge in [-0.2, -0.15) is 0 Å². The van der Waals surface area contributed by atoms with Gasteiger partial charge in [0, 0.05) is 31.3 Å². The summed E-state index contributed by atoms with van der Waals surface area (Å²) in [5.41, 5.74) is 7.00. The number of halogens is 2. The van der Waals surface area contributed by atoms with Crippen molar-refractivity contribution in [3.63, 3.8) is 0 Å². The Morgan fingerprint density at radius 1 is 1.14 bits per heavy atom. The second-order valence-corrected chi connectivity index (χ2v) is 6.95. The highest BCUT2D eigenvalue weighted by Gasteiger charge is 2.24. The van der Waals surface area contributed by atoms with Crippen LogP contribution in [0, 0.1) is 5.82 Å². The molecule has 1 heterocycles. The molecule has 0 bridgehead atoms. The molecule has 5 nitrogen and oxygen atoms in total. The quantitative estimate of drug-likeness (QED) is 0.657. The summed E-state index contributed by atoms with van der Waals surface area (Å²) < 4.78 is 24.7. The van der Waals surface area contributed by atoms with Crippen LogP contribution in [0.25, 0.3) is 0 Å².